The van der Waals surface area contributed by atoms with Crippen LogP contribution in [-0.4, -0.2) is 44.2 Å². The van der Waals surface area contributed by atoms with E-state index in [0.29, 0.717) is 23.2 Å². The average Bonchev–Trinajstić information content (AvgIpc) is 2.81. The second-order valence-electron chi connectivity index (χ2n) is 9.03. The van der Waals surface area contributed by atoms with Gasteiger partial charge in [0.05, 0.1) is 13.2 Å². The van der Waals surface area contributed by atoms with Gasteiger partial charge < -0.3 is 19.0 Å². The van der Waals surface area contributed by atoms with E-state index in [1.54, 1.807) is 0 Å². The summed E-state index contributed by atoms with van der Waals surface area (Å²) in [6, 6.07) is 9.81. The van der Waals surface area contributed by atoms with Crippen LogP contribution in [0.25, 0.3) is 0 Å². The number of rotatable bonds is 9. The molecule has 1 fully saturated rings. The second-order valence-corrected chi connectivity index (χ2v) is 14.4. The van der Waals surface area contributed by atoms with Crippen molar-refractivity contribution in [3.63, 3.8) is 0 Å². The second kappa shape index (κ2) is 9.35. The summed E-state index contributed by atoms with van der Waals surface area (Å²) in [5, 5.41) is 10.2. The fourth-order valence-electron chi connectivity index (χ4n) is 4.69. The molecule has 1 N–H and O–H groups in total. The molecule has 0 radical (unpaired) electrons. The molecule has 1 saturated heterocycles. The third-order valence-electron chi connectivity index (χ3n) is 6.11. The van der Waals surface area contributed by atoms with Gasteiger partial charge in [-0.05, 0) is 29.1 Å². The molecule has 1 aliphatic rings. The minimum atomic E-state index is -2.34. The molecule has 4 atom stereocenters. The highest BCUT2D eigenvalue weighted by molar-refractivity contribution is 6.77. The minimum absolute atomic E-state index is 0.175. The van der Waals surface area contributed by atoms with E-state index in [2.05, 4.69) is 41.5 Å². The van der Waals surface area contributed by atoms with Gasteiger partial charge in [-0.25, -0.2) is 4.39 Å². The van der Waals surface area contributed by atoms with Crippen molar-refractivity contribution in [2.24, 2.45) is 0 Å². The van der Waals surface area contributed by atoms with Crippen LogP contribution in [-0.2, 0) is 20.5 Å². The molecule has 0 saturated carbocycles. The lowest BCUT2D eigenvalue weighted by Crippen LogP contribution is -2.56. The summed E-state index contributed by atoms with van der Waals surface area (Å²) >= 11 is 0. The Morgan fingerprint density at radius 2 is 1.61 bits per heavy atom. The first-order valence-corrected chi connectivity index (χ1v) is 12.5. The van der Waals surface area contributed by atoms with Crippen molar-refractivity contribution in [2.75, 3.05) is 6.61 Å². The Morgan fingerprint density at radius 1 is 1.07 bits per heavy atom. The quantitative estimate of drug-likeness (QED) is 0.566. The molecule has 1 heterocycles. The molecule has 1 aromatic carbocycles. The van der Waals surface area contributed by atoms with Crippen LogP contribution < -0.4 is 0 Å². The number of aliphatic hydroxyl groups excluding tert-OH is 1. The number of aliphatic hydroxyl groups is 1. The molecule has 2 rings (SSSR count). The molecule has 4 nitrogen and oxygen atoms in total. The third-order valence-corrected chi connectivity index (χ3v) is 12.2. The Morgan fingerprint density at radius 3 is 2.11 bits per heavy atom. The van der Waals surface area contributed by atoms with Gasteiger partial charge in [0, 0.05) is 0 Å². The van der Waals surface area contributed by atoms with Gasteiger partial charge in [-0.15, -0.1) is 0 Å². The van der Waals surface area contributed by atoms with E-state index in [0.717, 1.165) is 5.56 Å². The predicted octanol–water partition coefficient (Wildman–Crippen LogP) is 5.21. The summed E-state index contributed by atoms with van der Waals surface area (Å²) in [5.41, 5.74) is 0.0000980. The Bertz CT molecular complexity index is 584. The van der Waals surface area contributed by atoms with E-state index in [-0.39, 0.29) is 6.61 Å². The highest BCUT2D eigenvalue weighted by atomic mass is 28.4. The predicted molar refractivity (Wildman–Crippen MR) is 112 cm³/mol. The van der Waals surface area contributed by atoms with Crippen LogP contribution in [0.1, 0.15) is 54.0 Å². The van der Waals surface area contributed by atoms with Gasteiger partial charge in [0.1, 0.15) is 12.2 Å². The molecule has 1 aliphatic heterocycles. The van der Waals surface area contributed by atoms with Gasteiger partial charge in [0.15, 0.2) is 12.0 Å². The molecule has 0 spiro atoms. The maximum Gasteiger partial charge on any atom is 0.201 e. The largest absolute Gasteiger partial charge is 0.407 e. The Hall–Kier alpha value is -0.793. The first kappa shape index (κ1) is 23.5. The maximum absolute atomic E-state index is 15.5. The maximum atomic E-state index is 15.5. The van der Waals surface area contributed by atoms with Crippen LogP contribution in [0.2, 0.25) is 16.6 Å². The molecule has 160 valence electrons. The number of halogens is 1. The van der Waals surface area contributed by atoms with Crippen molar-refractivity contribution in [1.82, 2.24) is 0 Å². The molecule has 0 amide bonds. The Balaban J connectivity index is 2.18. The zero-order valence-corrected chi connectivity index (χ0v) is 19.3. The van der Waals surface area contributed by atoms with Crippen LogP contribution in [0, 0.1) is 0 Å². The highest BCUT2D eigenvalue weighted by Gasteiger charge is 2.59. The van der Waals surface area contributed by atoms with Crippen molar-refractivity contribution in [3.05, 3.63) is 35.9 Å². The normalized spacial score (nSPS) is 28.6. The molecule has 0 unspecified atom stereocenters. The highest BCUT2D eigenvalue weighted by Crippen LogP contribution is 2.47. The summed E-state index contributed by atoms with van der Waals surface area (Å²) in [6.45, 7) is 14.9. The number of hydrogen-bond acceptors (Lipinski definition) is 4. The molecule has 28 heavy (non-hydrogen) atoms. The number of benzene rings is 1. The monoisotopic (exact) mass is 412 g/mol. The summed E-state index contributed by atoms with van der Waals surface area (Å²) in [7, 11) is -2.34. The van der Waals surface area contributed by atoms with Gasteiger partial charge in [0.2, 0.25) is 8.32 Å². The molecule has 0 aliphatic carbocycles. The van der Waals surface area contributed by atoms with Crippen molar-refractivity contribution in [3.8, 4) is 0 Å². The van der Waals surface area contributed by atoms with Gasteiger partial charge >= 0.3 is 0 Å². The van der Waals surface area contributed by atoms with Crippen molar-refractivity contribution >= 4 is 8.32 Å². The number of hydrogen-bond donors (Lipinski definition) is 1. The van der Waals surface area contributed by atoms with E-state index in [9.17, 15) is 5.11 Å². The lowest BCUT2D eigenvalue weighted by molar-refractivity contribution is -0.147. The Kier molecular flexibility index (Phi) is 7.84. The van der Waals surface area contributed by atoms with Crippen LogP contribution >= 0.6 is 0 Å². The third kappa shape index (κ3) is 4.68. The smallest absolute Gasteiger partial charge is 0.201 e. The fraction of sp³-hybridized carbons (Fsp3) is 0.727. The van der Waals surface area contributed by atoms with Crippen LogP contribution in [0.3, 0.4) is 0 Å². The molecular formula is C22H37FO4Si. The standard InChI is InChI=1S/C22H37FO4Si/c1-15(2)28(16(3)4,17(5)6)27-20-19(26-21(24)22(20,7)23)14-25-13-18-11-9-8-10-12-18/h8-12,15-17,19-21,24H,13-14H2,1-7H3/t19-,20-,21+,22+/m1/s1. The van der Waals surface area contributed by atoms with E-state index in [1.165, 1.54) is 6.92 Å². The summed E-state index contributed by atoms with van der Waals surface area (Å²) < 4.78 is 33.5. The van der Waals surface area contributed by atoms with E-state index in [4.69, 9.17) is 13.9 Å². The van der Waals surface area contributed by atoms with E-state index in [1.807, 2.05) is 30.3 Å². The fourth-order valence-corrected chi connectivity index (χ4v) is 10.3. The molecule has 0 aromatic heterocycles. The first-order valence-electron chi connectivity index (χ1n) is 10.3. The van der Waals surface area contributed by atoms with Crippen LogP contribution in [0.5, 0.6) is 0 Å². The van der Waals surface area contributed by atoms with Gasteiger partial charge in [-0.1, -0.05) is 71.9 Å². The van der Waals surface area contributed by atoms with Gasteiger partial charge in [-0.3, -0.25) is 0 Å². The minimum Gasteiger partial charge on any atom is -0.407 e. The van der Waals surface area contributed by atoms with Crippen LogP contribution in [0.15, 0.2) is 30.3 Å². The molecular weight excluding hydrogens is 375 g/mol. The lowest BCUT2D eigenvalue weighted by atomic mass is 10.00. The van der Waals surface area contributed by atoms with E-state index >= 15 is 4.39 Å². The summed E-state index contributed by atoms with van der Waals surface area (Å²) in [5.74, 6) is 0. The summed E-state index contributed by atoms with van der Waals surface area (Å²) in [4.78, 5) is 0. The molecule has 1 aromatic rings. The average molecular weight is 413 g/mol. The van der Waals surface area contributed by atoms with E-state index < -0.39 is 32.5 Å². The van der Waals surface area contributed by atoms with Crippen molar-refractivity contribution in [1.29, 1.82) is 0 Å². The molecule has 0 bridgehead atoms. The topological polar surface area (TPSA) is 47.9 Å². The van der Waals surface area contributed by atoms with Gasteiger partial charge in [-0.2, -0.15) is 0 Å². The molecule has 6 heteroatoms. The SMILES string of the molecule is CC(C)[Si](O[C@@H]1[C@@H](COCc2ccccc2)O[C@H](O)[C@@]1(C)F)(C(C)C)C(C)C. The number of alkyl halides is 1. The van der Waals surface area contributed by atoms with Crippen molar-refractivity contribution < 1.29 is 23.4 Å². The Labute approximate surface area is 170 Å². The summed E-state index contributed by atoms with van der Waals surface area (Å²) in [6.07, 6.45) is -3.00. The lowest BCUT2D eigenvalue weighted by Gasteiger charge is -2.46. The number of ether oxygens (including phenoxy) is 2. The zero-order valence-electron chi connectivity index (χ0n) is 18.3. The first-order chi connectivity index (χ1) is 13.0. The zero-order chi connectivity index (χ0) is 21.1. The van der Waals surface area contributed by atoms with Crippen molar-refractivity contribution in [2.45, 2.75) is 95.9 Å². The van der Waals surface area contributed by atoms with Gasteiger partial charge in [0.25, 0.3) is 0 Å². The van der Waals surface area contributed by atoms with Crippen LogP contribution in [0.4, 0.5) is 4.39 Å².